The Morgan fingerprint density at radius 3 is 2.38 bits per heavy atom. The van der Waals surface area contributed by atoms with Gasteiger partial charge in [-0.3, -0.25) is 9.78 Å². The van der Waals surface area contributed by atoms with Gasteiger partial charge in [0.05, 0.1) is 0 Å². The predicted octanol–water partition coefficient (Wildman–Crippen LogP) is 1.72. The van der Waals surface area contributed by atoms with Crippen LogP contribution >= 0.6 is 0 Å². The van der Waals surface area contributed by atoms with Gasteiger partial charge in [0.25, 0.3) is 0 Å². The second-order valence-electron chi connectivity index (χ2n) is 7.22. The number of amides is 2. The Balaban J connectivity index is 2.02. The first-order valence-electron chi connectivity index (χ1n) is 8.14. The molecule has 24 heavy (non-hydrogen) atoms. The topological polar surface area (TPSA) is 85.8 Å². The number of piperazine rings is 1. The first-order valence-corrected chi connectivity index (χ1v) is 8.14. The van der Waals surface area contributed by atoms with Crippen molar-refractivity contribution in [1.82, 2.24) is 15.2 Å². The number of hydrogen-bond donors (Lipinski definition) is 2. The Morgan fingerprint density at radius 1 is 1.25 bits per heavy atom. The highest BCUT2D eigenvalue weighted by Gasteiger charge is 2.36. The number of pyridine rings is 1. The van der Waals surface area contributed by atoms with Gasteiger partial charge in [0.2, 0.25) is 5.91 Å². The molecular formula is C17H26N4O3. The molecule has 1 aromatic heterocycles. The molecule has 2 amide bonds. The molecule has 7 nitrogen and oxygen atoms in total. The van der Waals surface area contributed by atoms with E-state index in [-0.39, 0.29) is 5.91 Å². The third-order valence-corrected chi connectivity index (χ3v) is 4.22. The summed E-state index contributed by atoms with van der Waals surface area (Å²) in [5, 5.41) is 11.4. The van der Waals surface area contributed by atoms with Crippen LogP contribution in [0.3, 0.4) is 0 Å². The number of nitrogens with one attached hydrogen (secondary N) is 1. The third-order valence-electron chi connectivity index (χ3n) is 4.22. The van der Waals surface area contributed by atoms with Gasteiger partial charge in [0.1, 0.15) is 6.04 Å². The lowest BCUT2D eigenvalue weighted by Gasteiger charge is -2.40. The molecule has 0 spiro atoms. The van der Waals surface area contributed by atoms with Crippen LogP contribution < -0.4 is 10.2 Å². The van der Waals surface area contributed by atoms with Crippen LogP contribution in [0.5, 0.6) is 0 Å². The lowest BCUT2D eigenvalue weighted by Crippen LogP contribution is -2.58. The van der Waals surface area contributed by atoms with Crippen molar-refractivity contribution in [1.29, 1.82) is 0 Å². The van der Waals surface area contributed by atoms with Gasteiger partial charge in [0.15, 0.2) is 0 Å². The molecule has 0 radical (unpaired) electrons. The Labute approximate surface area is 142 Å². The minimum absolute atomic E-state index is 0.157. The minimum atomic E-state index is -1.17. The van der Waals surface area contributed by atoms with Crippen LogP contribution in [-0.2, 0) is 4.79 Å². The maximum atomic E-state index is 12.7. The number of aryl methyl sites for hydroxylation is 1. The summed E-state index contributed by atoms with van der Waals surface area (Å²) in [5.74, 6) is -0.157. The van der Waals surface area contributed by atoms with Gasteiger partial charge in [-0.25, -0.2) is 4.79 Å². The molecule has 0 aromatic carbocycles. The van der Waals surface area contributed by atoms with E-state index in [2.05, 4.69) is 15.2 Å². The third kappa shape index (κ3) is 4.37. The lowest BCUT2D eigenvalue weighted by molar-refractivity contribution is -0.136. The van der Waals surface area contributed by atoms with Crippen molar-refractivity contribution in [3.63, 3.8) is 0 Å². The fraction of sp³-hybridized carbons (Fsp3) is 0.588. The van der Waals surface area contributed by atoms with Gasteiger partial charge >= 0.3 is 6.09 Å². The van der Waals surface area contributed by atoms with Crippen LogP contribution in [-0.4, -0.2) is 59.2 Å². The summed E-state index contributed by atoms with van der Waals surface area (Å²) in [6, 6.07) is 3.25. The van der Waals surface area contributed by atoms with Gasteiger partial charge < -0.3 is 20.2 Å². The zero-order chi connectivity index (χ0) is 17.9. The number of carbonyl (C=O) groups is 2. The summed E-state index contributed by atoms with van der Waals surface area (Å²) in [7, 11) is 0. The SMILES string of the molecule is Cc1cc(N2CCN(C(=O)[C@H](NC(=O)O)C(C)(C)C)CC2)ccn1. The smallest absolute Gasteiger partial charge is 0.405 e. The molecule has 1 aliphatic rings. The highest BCUT2D eigenvalue weighted by atomic mass is 16.4. The number of rotatable bonds is 3. The van der Waals surface area contributed by atoms with E-state index in [4.69, 9.17) is 5.11 Å². The molecule has 2 heterocycles. The summed E-state index contributed by atoms with van der Waals surface area (Å²) in [5.41, 5.74) is 1.59. The van der Waals surface area contributed by atoms with E-state index in [1.54, 1.807) is 11.1 Å². The quantitative estimate of drug-likeness (QED) is 0.879. The molecule has 1 saturated heterocycles. The zero-order valence-electron chi connectivity index (χ0n) is 14.7. The van der Waals surface area contributed by atoms with Crippen molar-refractivity contribution < 1.29 is 14.7 Å². The maximum absolute atomic E-state index is 12.7. The van der Waals surface area contributed by atoms with E-state index in [9.17, 15) is 9.59 Å². The average molecular weight is 334 g/mol. The van der Waals surface area contributed by atoms with Crippen LogP contribution in [0, 0.1) is 12.3 Å². The maximum Gasteiger partial charge on any atom is 0.405 e. The van der Waals surface area contributed by atoms with Crippen molar-refractivity contribution in [3.8, 4) is 0 Å². The summed E-state index contributed by atoms with van der Waals surface area (Å²) in [4.78, 5) is 31.9. The predicted molar refractivity (Wildman–Crippen MR) is 92.2 cm³/mol. The van der Waals surface area contributed by atoms with Crippen LogP contribution in [0.2, 0.25) is 0 Å². The molecule has 2 N–H and O–H groups in total. The van der Waals surface area contributed by atoms with Crippen molar-refractivity contribution in [2.75, 3.05) is 31.1 Å². The molecule has 1 atom stereocenters. The highest BCUT2D eigenvalue weighted by Crippen LogP contribution is 2.23. The molecular weight excluding hydrogens is 308 g/mol. The first-order chi connectivity index (χ1) is 11.2. The van der Waals surface area contributed by atoms with Crippen LogP contribution in [0.15, 0.2) is 18.3 Å². The van der Waals surface area contributed by atoms with E-state index in [1.165, 1.54) is 0 Å². The molecule has 1 fully saturated rings. The Morgan fingerprint density at radius 2 is 1.88 bits per heavy atom. The molecule has 7 heteroatoms. The number of carbonyl (C=O) groups excluding carboxylic acids is 1. The Bertz CT molecular complexity index is 604. The Hall–Kier alpha value is -2.31. The average Bonchev–Trinajstić information content (AvgIpc) is 2.51. The van der Waals surface area contributed by atoms with Crippen LogP contribution in [0.25, 0.3) is 0 Å². The normalized spacial score (nSPS) is 16.7. The van der Waals surface area contributed by atoms with E-state index in [0.717, 1.165) is 24.5 Å². The van der Waals surface area contributed by atoms with Crippen LogP contribution in [0.1, 0.15) is 26.5 Å². The number of nitrogens with zero attached hydrogens (tertiary/aromatic N) is 3. The lowest BCUT2D eigenvalue weighted by atomic mass is 9.85. The summed E-state index contributed by atoms with van der Waals surface area (Å²) < 4.78 is 0. The molecule has 132 valence electrons. The molecule has 0 unspecified atom stereocenters. The molecule has 2 rings (SSSR count). The summed E-state index contributed by atoms with van der Waals surface area (Å²) >= 11 is 0. The number of hydrogen-bond acceptors (Lipinski definition) is 4. The number of aromatic nitrogens is 1. The standard InChI is InChI=1S/C17H26N4O3/c1-12-11-13(5-6-18-12)20-7-9-21(10-8-20)15(22)14(17(2,3)4)19-16(23)24/h5-6,11,14,19H,7-10H2,1-4H3,(H,23,24)/t14-/m0/s1. The molecule has 1 aliphatic heterocycles. The fourth-order valence-corrected chi connectivity index (χ4v) is 2.87. The number of carboxylic acid groups (broad SMARTS) is 1. The van der Waals surface area contributed by atoms with Crippen molar-refractivity contribution >= 4 is 17.7 Å². The van der Waals surface area contributed by atoms with E-state index < -0.39 is 17.6 Å². The van der Waals surface area contributed by atoms with Gasteiger partial charge in [-0.15, -0.1) is 0 Å². The zero-order valence-corrected chi connectivity index (χ0v) is 14.7. The minimum Gasteiger partial charge on any atom is -0.465 e. The van der Waals surface area contributed by atoms with Crippen molar-refractivity contribution in [2.45, 2.75) is 33.7 Å². The van der Waals surface area contributed by atoms with Gasteiger partial charge in [-0.05, 0) is 24.5 Å². The van der Waals surface area contributed by atoms with Gasteiger partial charge in [0, 0.05) is 43.8 Å². The van der Waals surface area contributed by atoms with Crippen molar-refractivity contribution in [3.05, 3.63) is 24.0 Å². The van der Waals surface area contributed by atoms with E-state index >= 15 is 0 Å². The second-order valence-corrected chi connectivity index (χ2v) is 7.22. The molecule has 0 aliphatic carbocycles. The first kappa shape index (κ1) is 18.0. The summed E-state index contributed by atoms with van der Waals surface area (Å²) in [6.07, 6.45) is 0.614. The van der Waals surface area contributed by atoms with Crippen molar-refractivity contribution in [2.24, 2.45) is 5.41 Å². The number of anilines is 1. The second kappa shape index (κ2) is 7.07. The van der Waals surface area contributed by atoms with E-state index in [0.29, 0.717) is 13.1 Å². The molecule has 0 saturated carbocycles. The monoisotopic (exact) mass is 334 g/mol. The molecule has 1 aromatic rings. The van der Waals surface area contributed by atoms with Crippen LogP contribution in [0.4, 0.5) is 10.5 Å². The fourth-order valence-electron chi connectivity index (χ4n) is 2.87. The molecule has 0 bridgehead atoms. The van der Waals surface area contributed by atoms with E-state index in [1.807, 2.05) is 39.8 Å². The summed E-state index contributed by atoms with van der Waals surface area (Å²) in [6.45, 7) is 10.1. The van der Waals surface area contributed by atoms with Gasteiger partial charge in [-0.2, -0.15) is 0 Å². The Kier molecular flexibility index (Phi) is 5.31. The largest absolute Gasteiger partial charge is 0.465 e. The van der Waals surface area contributed by atoms with Gasteiger partial charge in [-0.1, -0.05) is 20.8 Å². The highest BCUT2D eigenvalue weighted by molar-refractivity contribution is 5.86.